The van der Waals surface area contributed by atoms with Crippen molar-refractivity contribution in [1.82, 2.24) is 15.3 Å². The van der Waals surface area contributed by atoms with Crippen LogP contribution in [0, 0.1) is 0 Å². The van der Waals surface area contributed by atoms with E-state index in [0.717, 1.165) is 16.8 Å². The van der Waals surface area contributed by atoms with E-state index >= 15 is 0 Å². The number of rotatable bonds is 5. The molecule has 0 aliphatic heterocycles. The van der Waals surface area contributed by atoms with Crippen LogP contribution >= 0.6 is 0 Å². The van der Waals surface area contributed by atoms with Gasteiger partial charge in [-0.1, -0.05) is 42.5 Å². The van der Waals surface area contributed by atoms with E-state index in [9.17, 15) is 4.79 Å². The van der Waals surface area contributed by atoms with Crippen molar-refractivity contribution >= 4 is 5.91 Å². The predicted octanol–water partition coefficient (Wildman–Crippen LogP) is 2.92. The van der Waals surface area contributed by atoms with Gasteiger partial charge in [0.2, 0.25) is 5.91 Å². The van der Waals surface area contributed by atoms with Crippen LogP contribution in [-0.2, 0) is 11.3 Å². The normalized spacial score (nSPS) is 11.7. The van der Waals surface area contributed by atoms with E-state index in [1.807, 2.05) is 60.7 Å². The Hall–Kier alpha value is -3.01. The minimum Gasteiger partial charge on any atom is -0.351 e. The molecule has 4 nitrogen and oxygen atoms in total. The maximum absolute atomic E-state index is 12.7. The molecule has 2 heterocycles. The molecule has 4 heteroatoms. The van der Waals surface area contributed by atoms with Crippen molar-refractivity contribution in [2.24, 2.45) is 0 Å². The van der Waals surface area contributed by atoms with Gasteiger partial charge in [0.15, 0.2) is 0 Å². The Morgan fingerprint density at radius 1 is 0.957 bits per heavy atom. The number of hydrogen-bond acceptors (Lipinski definition) is 3. The summed E-state index contributed by atoms with van der Waals surface area (Å²) in [6, 6.07) is 19.1. The molecule has 0 saturated carbocycles. The highest BCUT2D eigenvalue weighted by Crippen LogP contribution is 2.23. The minimum absolute atomic E-state index is 0.0706. The Bertz CT molecular complexity index is 706. The number of carbonyl (C=O) groups excluding carboxylic acids is 1. The van der Waals surface area contributed by atoms with Gasteiger partial charge in [0.05, 0.1) is 5.69 Å². The van der Waals surface area contributed by atoms with Crippen LogP contribution in [0.15, 0.2) is 79.3 Å². The van der Waals surface area contributed by atoms with Gasteiger partial charge in [0.1, 0.15) is 5.92 Å². The summed E-state index contributed by atoms with van der Waals surface area (Å²) >= 11 is 0. The van der Waals surface area contributed by atoms with Crippen LogP contribution in [-0.4, -0.2) is 15.9 Å². The number of pyridine rings is 2. The van der Waals surface area contributed by atoms with Crippen molar-refractivity contribution in [3.63, 3.8) is 0 Å². The zero-order valence-corrected chi connectivity index (χ0v) is 12.6. The largest absolute Gasteiger partial charge is 0.351 e. The van der Waals surface area contributed by atoms with Crippen molar-refractivity contribution < 1.29 is 4.79 Å². The average Bonchev–Trinajstić information content (AvgIpc) is 2.63. The van der Waals surface area contributed by atoms with E-state index in [4.69, 9.17) is 0 Å². The lowest BCUT2D eigenvalue weighted by molar-refractivity contribution is -0.121. The molecule has 0 aliphatic carbocycles. The fourth-order valence-electron chi connectivity index (χ4n) is 2.44. The number of hydrogen-bond donors (Lipinski definition) is 1. The number of aromatic nitrogens is 2. The van der Waals surface area contributed by atoms with Gasteiger partial charge in [-0.05, 0) is 29.3 Å². The third kappa shape index (κ3) is 3.80. The lowest BCUT2D eigenvalue weighted by Crippen LogP contribution is -2.30. The number of nitrogens with zero attached hydrogens (tertiary/aromatic N) is 2. The van der Waals surface area contributed by atoms with E-state index in [1.165, 1.54) is 0 Å². The summed E-state index contributed by atoms with van der Waals surface area (Å²) in [5.41, 5.74) is 2.63. The van der Waals surface area contributed by atoms with Crippen molar-refractivity contribution in [1.29, 1.82) is 0 Å². The maximum atomic E-state index is 12.7. The van der Waals surface area contributed by atoms with Gasteiger partial charge >= 0.3 is 0 Å². The highest BCUT2D eigenvalue weighted by molar-refractivity contribution is 5.86. The van der Waals surface area contributed by atoms with Gasteiger partial charge in [0, 0.05) is 25.1 Å². The minimum atomic E-state index is -0.422. The SMILES string of the molecule is O=C(NCc1cccnc1)C(c1ccccc1)c1ccccn1. The average molecular weight is 303 g/mol. The topological polar surface area (TPSA) is 54.9 Å². The van der Waals surface area contributed by atoms with Crippen molar-refractivity contribution in [3.05, 3.63) is 96.1 Å². The zero-order valence-electron chi connectivity index (χ0n) is 12.6. The van der Waals surface area contributed by atoms with Crippen molar-refractivity contribution in [3.8, 4) is 0 Å². The fraction of sp³-hybridized carbons (Fsp3) is 0.105. The summed E-state index contributed by atoms with van der Waals surface area (Å²) in [5.74, 6) is -0.493. The second kappa shape index (κ2) is 7.31. The third-order valence-corrected chi connectivity index (χ3v) is 3.57. The number of nitrogens with one attached hydrogen (secondary N) is 1. The predicted molar refractivity (Wildman–Crippen MR) is 88.6 cm³/mol. The third-order valence-electron chi connectivity index (χ3n) is 3.57. The Labute approximate surface area is 135 Å². The maximum Gasteiger partial charge on any atom is 0.233 e. The first kappa shape index (κ1) is 14.9. The summed E-state index contributed by atoms with van der Waals surface area (Å²) < 4.78 is 0. The van der Waals surface area contributed by atoms with Crippen LogP contribution in [0.2, 0.25) is 0 Å². The van der Waals surface area contributed by atoms with Gasteiger partial charge in [-0.2, -0.15) is 0 Å². The molecule has 1 atom stereocenters. The number of carbonyl (C=O) groups is 1. The first-order chi connectivity index (χ1) is 11.3. The highest BCUT2D eigenvalue weighted by atomic mass is 16.1. The molecule has 3 aromatic rings. The molecular formula is C19H17N3O. The van der Waals surface area contributed by atoms with E-state index in [-0.39, 0.29) is 5.91 Å². The lowest BCUT2D eigenvalue weighted by atomic mass is 9.94. The summed E-state index contributed by atoms with van der Waals surface area (Å²) in [4.78, 5) is 21.2. The van der Waals surface area contributed by atoms with Crippen LogP contribution in [0.5, 0.6) is 0 Å². The number of benzene rings is 1. The van der Waals surface area contributed by atoms with Gasteiger partial charge in [0.25, 0.3) is 0 Å². The van der Waals surface area contributed by atoms with Crippen LogP contribution in [0.25, 0.3) is 0 Å². The first-order valence-corrected chi connectivity index (χ1v) is 7.47. The molecule has 114 valence electrons. The molecule has 23 heavy (non-hydrogen) atoms. The molecule has 1 aromatic carbocycles. The van der Waals surface area contributed by atoms with Gasteiger partial charge in [-0.3, -0.25) is 14.8 Å². The summed E-state index contributed by atoms with van der Waals surface area (Å²) in [6.07, 6.45) is 5.17. The van der Waals surface area contributed by atoms with E-state index < -0.39 is 5.92 Å². The molecule has 1 unspecified atom stereocenters. The van der Waals surface area contributed by atoms with E-state index in [1.54, 1.807) is 18.6 Å². The molecule has 0 fully saturated rings. The molecular weight excluding hydrogens is 286 g/mol. The fourth-order valence-corrected chi connectivity index (χ4v) is 2.44. The van der Waals surface area contributed by atoms with Crippen LogP contribution in [0.1, 0.15) is 22.7 Å². The smallest absolute Gasteiger partial charge is 0.233 e. The molecule has 0 radical (unpaired) electrons. The number of amides is 1. The monoisotopic (exact) mass is 303 g/mol. The molecule has 1 N–H and O–H groups in total. The Balaban J connectivity index is 1.82. The first-order valence-electron chi connectivity index (χ1n) is 7.47. The second-order valence-corrected chi connectivity index (χ2v) is 5.18. The van der Waals surface area contributed by atoms with E-state index in [2.05, 4.69) is 15.3 Å². The molecule has 0 saturated heterocycles. The summed E-state index contributed by atoms with van der Waals surface area (Å²) in [6.45, 7) is 0.447. The highest BCUT2D eigenvalue weighted by Gasteiger charge is 2.23. The lowest BCUT2D eigenvalue weighted by Gasteiger charge is -2.17. The Kier molecular flexibility index (Phi) is 4.74. The summed E-state index contributed by atoms with van der Waals surface area (Å²) in [5, 5.41) is 2.98. The zero-order chi connectivity index (χ0) is 15.9. The second-order valence-electron chi connectivity index (χ2n) is 5.18. The van der Waals surface area contributed by atoms with E-state index in [0.29, 0.717) is 6.54 Å². The van der Waals surface area contributed by atoms with Crippen molar-refractivity contribution in [2.45, 2.75) is 12.5 Å². The summed E-state index contributed by atoms with van der Waals surface area (Å²) in [7, 11) is 0. The van der Waals surface area contributed by atoms with Gasteiger partial charge < -0.3 is 5.32 Å². The molecule has 0 spiro atoms. The van der Waals surface area contributed by atoms with Crippen LogP contribution in [0.4, 0.5) is 0 Å². The Morgan fingerprint density at radius 3 is 2.48 bits per heavy atom. The van der Waals surface area contributed by atoms with Crippen molar-refractivity contribution in [2.75, 3.05) is 0 Å². The molecule has 2 aromatic heterocycles. The quantitative estimate of drug-likeness (QED) is 0.788. The molecule has 0 aliphatic rings. The molecule has 1 amide bonds. The standard InChI is InChI=1S/C19H17N3O/c23-19(22-14-15-7-6-11-20-13-15)18(16-8-2-1-3-9-16)17-10-4-5-12-21-17/h1-13,18H,14H2,(H,22,23). The Morgan fingerprint density at radius 2 is 1.78 bits per heavy atom. The molecule has 0 bridgehead atoms. The van der Waals surface area contributed by atoms with Crippen LogP contribution < -0.4 is 5.32 Å². The van der Waals surface area contributed by atoms with Gasteiger partial charge in [-0.15, -0.1) is 0 Å². The van der Waals surface area contributed by atoms with Crippen LogP contribution in [0.3, 0.4) is 0 Å². The molecule has 3 rings (SSSR count). The van der Waals surface area contributed by atoms with Gasteiger partial charge in [-0.25, -0.2) is 0 Å².